The zero-order chi connectivity index (χ0) is 12.3. The van der Waals surface area contributed by atoms with E-state index in [1.807, 2.05) is 29.2 Å². The maximum atomic E-state index is 11.6. The molecule has 1 aromatic rings. The Kier molecular flexibility index (Phi) is 3.58. The first-order valence-corrected chi connectivity index (χ1v) is 6.07. The number of nitrogens with zero attached hydrogens (tertiary/aromatic N) is 1. The van der Waals surface area contributed by atoms with Crippen LogP contribution in [0, 0.1) is 0 Å². The minimum absolute atomic E-state index is 0.0376. The van der Waals surface area contributed by atoms with Crippen LogP contribution in [0.4, 0.5) is 11.4 Å². The summed E-state index contributed by atoms with van der Waals surface area (Å²) >= 11 is 5.30. The molecule has 4 nitrogen and oxygen atoms in total. The van der Waals surface area contributed by atoms with Crippen molar-refractivity contribution in [2.24, 2.45) is 0 Å². The summed E-state index contributed by atoms with van der Waals surface area (Å²) in [6.45, 7) is 3.16. The van der Waals surface area contributed by atoms with Gasteiger partial charge in [-0.15, -0.1) is 0 Å². The van der Waals surface area contributed by atoms with E-state index in [-0.39, 0.29) is 12.5 Å². The van der Waals surface area contributed by atoms with Gasteiger partial charge in [0.15, 0.2) is 5.11 Å². The predicted octanol–water partition coefficient (Wildman–Crippen LogP) is 1.73. The fraction of sp³-hybridized carbons (Fsp3) is 0.333. The van der Waals surface area contributed by atoms with Crippen LogP contribution in [0.3, 0.4) is 0 Å². The van der Waals surface area contributed by atoms with Crippen LogP contribution < -0.4 is 15.5 Å². The number of rotatable bonds is 2. The minimum Gasteiger partial charge on any atom is -0.362 e. The molecule has 1 aromatic carbocycles. The summed E-state index contributed by atoms with van der Waals surface area (Å²) in [7, 11) is 0. The molecule has 0 unspecified atom stereocenters. The maximum Gasteiger partial charge on any atom is 0.244 e. The summed E-state index contributed by atoms with van der Waals surface area (Å²) in [5.74, 6) is -0.0376. The number of anilines is 2. The SMILES string of the molecule is CCCNC(=S)N1CC(=O)Nc2ccccc21. The third-order valence-corrected chi connectivity index (χ3v) is 2.91. The van der Waals surface area contributed by atoms with E-state index < -0.39 is 0 Å². The van der Waals surface area contributed by atoms with E-state index in [9.17, 15) is 4.79 Å². The van der Waals surface area contributed by atoms with Gasteiger partial charge < -0.3 is 15.5 Å². The van der Waals surface area contributed by atoms with Crippen LogP contribution in [-0.4, -0.2) is 24.1 Å². The van der Waals surface area contributed by atoms with Gasteiger partial charge in [0.2, 0.25) is 5.91 Å². The number of carbonyl (C=O) groups excluding carboxylic acids is 1. The average molecular weight is 249 g/mol. The molecule has 17 heavy (non-hydrogen) atoms. The van der Waals surface area contributed by atoms with Crippen molar-refractivity contribution in [3.63, 3.8) is 0 Å². The van der Waals surface area contributed by atoms with Crippen molar-refractivity contribution in [1.82, 2.24) is 5.32 Å². The Labute approximate surface area is 106 Å². The molecule has 1 amide bonds. The second-order valence-electron chi connectivity index (χ2n) is 3.88. The van der Waals surface area contributed by atoms with Crippen LogP contribution in [0.2, 0.25) is 0 Å². The Morgan fingerprint density at radius 3 is 3.06 bits per heavy atom. The molecule has 0 atom stereocenters. The quantitative estimate of drug-likeness (QED) is 0.784. The maximum absolute atomic E-state index is 11.6. The van der Waals surface area contributed by atoms with Crippen LogP contribution in [0.5, 0.6) is 0 Å². The van der Waals surface area contributed by atoms with Crippen molar-refractivity contribution in [2.45, 2.75) is 13.3 Å². The van der Waals surface area contributed by atoms with Crippen molar-refractivity contribution in [3.8, 4) is 0 Å². The number of hydrogen-bond donors (Lipinski definition) is 2. The molecule has 0 saturated heterocycles. The highest BCUT2D eigenvalue weighted by Crippen LogP contribution is 2.28. The van der Waals surface area contributed by atoms with Crippen molar-refractivity contribution >= 4 is 34.6 Å². The third-order valence-electron chi connectivity index (χ3n) is 2.54. The van der Waals surface area contributed by atoms with Crippen LogP contribution in [0.1, 0.15) is 13.3 Å². The Morgan fingerprint density at radius 1 is 1.53 bits per heavy atom. The number of nitrogens with one attached hydrogen (secondary N) is 2. The first-order valence-electron chi connectivity index (χ1n) is 5.66. The fourth-order valence-corrected chi connectivity index (χ4v) is 2.01. The van der Waals surface area contributed by atoms with E-state index in [1.54, 1.807) is 0 Å². The summed E-state index contributed by atoms with van der Waals surface area (Å²) < 4.78 is 0. The lowest BCUT2D eigenvalue weighted by molar-refractivity contribution is -0.115. The Balaban J connectivity index is 2.23. The molecule has 0 fully saturated rings. The van der Waals surface area contributed by atoms with E-state index in [4.69, 9.17) is 12.2 Å². The number of benzene rings is 1. The predicted molar refractivity (Wildman–Crippen MR) is 73.3 cm³/mol. The van der Waals surface area contributed by atoms with Gasteiger partial charge in [0.1, 0.15) is 6.54 Å². The lowest BCUT2D eigenvalue weighted by Gasteiger charge is -2.31. The average Bonchev–Trinajstić information content (AvgIpc) is 2.34. The summed E-state index contributed by atoms with van der Waals surface area (Å²) in [4.78, 5) is 13.4. The molecule has 0 bridgehead atoms. The van der Waals surface area contributed by atoms with E-state index in [0.717, 1.165) is 24.3 Å². The minimum atomic E-state index is -0.0376. The first-order chi connectivity index (χ1) is 8.22. The number of carbonyl (C=O) groups is 1. The zero-order valence-corrected chi connectivity index (χ0v) is 10.5. The molecule has 0 spiro atoms. The smallest absolute Gasteiger partial charge is 0.244 e. The summed E-state index contributed by atoms with van der Waals surface area (Å²) in [6, 6.07) is 7.66. The number of amides is 1. The molecule has 0 radical (unpaired) electrons. The van der Waals surface area contributed by atoms with Crippen molar-refractivity contribution in [3.05, 3.63) is 24.3 Å². The number of thiocarbonyl (C=S) groups is 1. The lowest BCUT2D eigenvalue weighted by atomic mass is 10.2. The molecule has 0 saturated carbocycles. The first kappa shape index (κ1) is 11.9. The van der Waals surface area contributed by atoms with Gasteiger partial charge in [0.25, 0.3) is 0 Å². The molecule has 1 heterocycles. The second kappa shape index (κ2) is 5.14. The number of para-hydroxylation sites is 2. The van der Waals surface area contributed by atoms with E-state index >= 15 is 0 Å². The Hall–Kier alpha value is -1.62. The molecule has 1 aliphatic heterocycles. The van der Waals surface area contributed by atoms with Gasteiger partial charge in [-0.1, -0.05) is 19.1 Å². The number of hydrogen-bond acceptors (Lipinski definition) is 2. The lowest BCUT2D eigenvalue weighted by Crippen LogP contribution is -2.47. The van der Waals surface area contributed by atoms with E-state index in [1.165, 1.54) is 0 Å². The van der Waals surface area contributed by atoms with Gasteiger partial charge in [-0.2, -0.15) is 0 Å². The highest BCUT2D eigenvalue weighted by molar-refractivity contribution is 7.80. The van der Waals surface area contributed by atoms with E-state index in [0.29, 0.717) is 5.11 Å². The highest BCUT2D eigenvalue weighted by atomic mass is 32.1. The fourth-order valence-electron chi connectivity index (χ4n) is 1.74. The Morgan fingerprint density at radius 2 is 2.29 bits per heavy atom. The zero-order valence-electron chi connectivity index (χ0n) is 9.69. The van der Waals surface area contributed by atoms with E-state index in [2.05, 4.69) is 17.6 Å². The van der Waals surface area contributed by atoms with Gasteiger partial charge in [0, 0.05) is 6.54 Å². The van der Waals surface area contributed by atoms with Gasteiger partial charge in [-0.25, -0.2) is 0 Å². The van der Waals surface area contributed by atoms with Crippen LogP contribution >= 0.6 is 12.2 Å². The molecule has 2 N–H and O–H groups in total. The van der Waals surface area contributed by atoms with Crippen LogP contribution in [0.25, 0.3) is 0 Å². The van der Waals surface area contributed by atoms with Gasteiger partial charge in [-0.05, 0) is 30.8 Å². The van der Waals surface area contributed by atoms with Gasteiger partial charge >= 0.3 is 0 Å². The standard InChI is InChI=1S/C12H15N3OS/c1-2-7-13-12(17)15-8-11(16)14-9-5-3-4-6-10(9)15/h3-6H,2,7-8H2,1H3,(H,13,17)(H,14,16). The molecular weight excluding hydrogens is 234 g/mol. The topological polar surface area (TPSA) is 44.4 Å². The van der Waals surface area contributed by atoms with Gasteiger partial charge in [-0.3, -0.25) is 4.79 Å². The summed E-state index contributed by atoms with van der Waals surface area (Å²) in [6.07, 6.45) is 1.00. The van der Waals surface area contributed by atoms with Crippen LogP contribution in [-0.2, 0) is 4.79 Å². The summed E-state index contributed by atoms with van der Waals surface area (Å²) in [5.41, 5.74) is 1.75. The third kappa shape index (κ3) is 2.55. The molecule has 1 aliphatic rings. The second-order valence-corrected chi connectivity index (χ2v) is 4.27. The van der Waals surface area contributed by atoms with Crippen molar-refractivity contribution in [1.29, 1.82) is 0 Å². The molecular formula is C12H15N3OS. The van der Waals surface area contributed by atoms with Crippen LogP contribution in [0.15, 0.2) is 24.3 Å². The molecule has 0 aromatic heterocycles. The Bertz CT molecular complexity index is 447. The van der Waals surface area contributed by atoms with Crippen molar-refractivity contribution < 1.29 is 4.79 Å². The molecule has 5 heteroatoms. The number of fused-ring (bicyclic) bond motifs is 1. The molecule has 0 aliphatic carbocycles. The van der Waals surface area contributed by atoms with Crippen molar-refractivity contribution in [2.75, 3.05) is 23.3 Å². The molecule has 2 rings (SSSR count). The summed E-state index contributed by atoms with van der Waals surface area (Å²) in [5, 5.41) is 6.58. The van der Waals surface area contributed by atoms with Gasteiger partial charge in [0.05, 0.1) is 11.4 Å². The monoisotopic (exact) mass is 249 g/mol. The largest absolute Gasteiger partial charge is 0.362 e. The molecule has 90 valence electrons. The normalized spacial score (nSPS) is 13.9. The highest BCUT2D eigenvalue weighted by Gasteiger charge is 2.23.